The van der Waals surface area contributed by atoms with Gasteiger partial charge in [-0.1, -0.05) is 6.92 Å². The summed E-state index contributed by atoms with van der Waals surface area (Å²) >= 11 is 1.36. The number of fused-ring (bicyclic) bond motifs is 1. The van der Waals surface area contributed by atoms with Crippen LogP contribution < -0.4 is 0 Å². The first kappa shape index (κ1) is 16.4. The summed E-state index contributed by atoms with van der Waals surface area (Å²) < 4.78 is 45.3. The number of hydrogen-bond acceptors (Lipinski definition) is 5. The van der Waals surface area contributed by atoms with Gasteiger partial charge in [-0.25, -0.2) is 14.3 Å². The first-order chi connectivity index (χ1) is 11.3. The van der Waals surface area contributed by atoms with Crippen molar-refractivity contribution in [1.29, 1.82) is 0 Å². The fourth-order valence-electron chi connectivity index (χ4n) is 2.25. The maximum atomic E-state index is 13.4. The first-order valence-electron chi connectivity index (χ1n) is 6.98. The second-order valence-corrected chi connectivity index (χ2v) is 6.10. The molecule has 0 aliphatic carbocycles. The van der Waals surface area contributed by atoms with Crippen LogP contribution in [0.1, 0.15) is 27.9 Å². The van der Waals surface area contributed by atoms with E-state index in [1.807, 2.05) is 13.0 Å². The molecule has 3 aromatic heterocycles. The summed E-state index contributed by atoms with van der Waals surface area (Å²) in [5, 5.41) is 3.65. The predicted octanol–water partition coefficient (Wildman–Crippen LogP) is 3.83. The van der Waals surface area contributed by atoms with E-state index in [1.54, 1.807) is 6.07 Å². The van der Waals surface area contributed by atoms with E-state index in [0.717, 1.165) is 30.7 Å². The number of alkyl halides is 3. The molecule has 0 saturated heterocycles. The van der Waals surface area contributed by atoms with Gasteiger partial charge in [-0.3, -0.25) is 0 Å². The molecule has 5 nitrogen and oxygen atoms in total. The van der Waals surface area contributed by atoms with E-state index in [9.17, 15) is 18.0 Å². The fourth-order valence-corrected chi connectivity index (χ4v) is 3.16. The van der Waals surface area contributed by atoms with E-state index >= 15 is 0 Å². The van der Waals surface area contributed by atoms with Crippen molar-refractivity contribution in [1.82, 2.24) is 14.6 Å². The van der Waals surface area contributed by atoms with Gasteiger partial charge in [0.25, 0.3) is 0 Å². The summed E-state index contributed by atoms with van der Waals surface area (Å²) in [4.78, 5) is 17.6. The molecule has 0 bridgehead atoms. The Morgan fingerprint density at radius 3 is 2.71 bits per heavy atom. The predicted molar refractivity (Wildman–Crippen MR) is 82.0 cm³/mol. The Morgan fingerprint density at radius 1 is 1.38 bits per heavy atom. The van der Waals surface area contributed by atoms with Crippen LogP contribution in [0.2, 0.25) is 0 Å². The Morgan fingerprint density at radius 2 is 2.12 bits per heavy atom. The maximum Gasteiger partial charge on any atom is 0.433 e. The average molecular weight is 355 g/mol. The third-order valence-corrected chi connectivity index (χ3v) is 4.68. The van der Waals surface area contributed by atoms with Crippen molar-refractivity contribution in [2.75, 3.05) is 7.11 Å². The maximum absolute atomic E-state index is 13.4. The molecule has 24 heavy (non-hydrogen) atoms. The van der Waals surface area contributed by atoms with Crippen LogP contribution in [0.5, 0.6) is 0 Å². The summed E-state index contributed by atoms with van der Waals surface area (Å²) in [6, 6.07) is 4.50. The van der Waals surface area contributed by atoms with Gasteiger partial charge in [0.1, 0.15) is 5.56 Å². The average Bonchev–Trinajstić information content (AvgIpc) is 3.18. The normalized spacial score (nSPS) is 11.9. The highest BCUT2D eigenvalue weighted by Crippen LogP contribution is 2.34. The summed E-state index contributed by atoms with van der Waals surface area (Å²) in [7, 11) is 1.15. The number of thiophene rings is 1. The number of ether oxygens (including phenoxy) is 1. The molecule has 0 unspecified atom stereocenters. The lowest BCUT2D eigenvalue weighted by molar-refractivity contribution is -0.142. The van der Waals surface area contributed by atoms with Crippen LogP contribution in [-0.2, 0) is 17.3 Å². The molecule has 0 amide bonds. The third-order valence-electron chi connectivity index (χ3n) is 3.43. The van der Waals surface area contributed by atoms with Crippen molar-refractivity contribution in [3.63, 3.8) is 0 Å². The molecule has 3 heterocycles. The van der Waals surface area contributed by atoms with E-state index in [2.05, 4.69) is 14.8 Å². The SMILES string of the molecule is CCc1ccc(-c2cc(C(F)(F)F)n3ncc(C(=O)OC)c3n2)s1. The highest BCUT2D eigenvalue weighted by atomic mass is 32.1. The van der Waals surface area contributed by atoms with Crippen LogP contribution in [0.25, 0.3) is 16.2 Å². The number of rotatable bonds is 3. The number of carbonyl (C=O) groups excluding carboxylic acids is 1. The number of esters is 1. The highest BCUT2D eigenvalue weighted by molar-refractivity contribution is 7.15. The molecule has 3 rings (SSSR count). The zero-order valence-corrected chi connectivity index (χ0v) is 13.5. The van der Waals surface area contributed by atoms with Gasteiger partial charge in [-0.05, 0) is 24.6 Å². The van der Waals surface area contributed by atoms with Crippen molar-refractivity contribution in [2.24, 2.45) is 0 Å². The Bertz CT molecular complexity index is 914. The summed E-state index contributed by atoms with van der Waals surface area (Å²) in [6.45, 7) is 1.96. The zero-order chi connectivity index (χ0) is 17.5. The van der Waals surface area contributed by atoms with Crippen LogP contribution >= 0.6 is 11.3 Å². The molecule has 3 aromatic rings. The molecule has 0 N–H and O–H groups in total. The molecule has 0 spiro atoms. The number of methoxy groups -OCH3 is 1. The lowest BCUT2D eigenvalue weighted by atomic mass is 10.2. The van der Waals surface area contributed by atoms with Crippen LogP contribution in [0, 0.1) is 0 Å². The topological polar surface area (TPSA) is 56.5 Å². The third kappa shape index (κ3) is 2.75. The highest BCUT2D eigenvalue weighted by Gasteiger charge is 2.36. The second kappa shape index (κ2) is 5.90. The van der Waals surface area contributed by atoms with Gasteiger partial charge in [0, 0.05) is 4.88 Å². The Hall–Kier alpha value is -2.42. The van der Waals surface area contributed by atoms with E-state index < -0.39 is 17.8 Å². The molecular formula is C15H12F3N3O2S. The van der Waals surface area contributed by atoms with Crippen molar-refractivity contribution >= 4 is 23.0 Å². The lowest BCUT2D eigenvalue weighted by Crippen LogP contribution is -2.14. The van der Waals surface area contributed by atoms with E-state index in [1.165, 1.54) is 11.3 Å². The van der Waals surface area contributed by atoms with Gasteiger partial charge < -0.3 is 4.74 Å². The van der Waals surface area contributed by atoms with Crippen LogP contribution in [0.4, 0.5) is 13.2 Å². The Balaban J connectivity index is 2.28. The van der Waals surface area contributed by atoms with Crippen LogP contribution in [-0.4, -0.2) is 27.7 Å². The van der Waals surface area contributed by atoms with Gasteiger partial charge in [0.05, 0.1) is 23.9 Å². The van der Waals surface area contributed by atoms with Gasteiger partial charge in [-0.15, -0.1) is 11.3 Å². The van der Waals surface area contributed by atoms with Gasteiger partial charge >= 0.3 is 12.1 Å². The lowest BCUT2D eigenvalue weighted by Gasteiger charge is -2.10. The molecule has 0 fully saturated rings. The van der Waals surface area contributed by atoms with E-state index in [4.69, 9.17) is 0 Å². The van der Waals surface area contributed by atoms with Gasteiger partial charge in [-0.2, -0.15) is 18.3 Å². The molecular weight excluding hydrogens is 343 g/mol. The molecule has 9 heteroatoms. The van der Waals surface area contributed by atoms with Gasteiger partial charge in [0.2, 0.25) is 0 Å². The molecule has 0 aliphatic heterocycles. The number of nitrogens with zero attached hydrogens (tertiary/aromatic N) is 3. The molecule has 0 aromatic carbocycles. The number of aryl methyl sites for hydroxylation is 1. The minimum atomic E-state index is -4.64. The minimum absolute atomic E-state index is 0.114. The first-order valence-corrected chi connectivity index (χ1v) is 7.80. The number of halogens is 3. The smallest absolute Gasteiger partial charge is 0.433 e. The van der Waals surface area contributed by atoms with Crippen molar-refractivity contribution < 1.29 is 22.7 Å². The summed E-state index contributed by atoms with van der Waals surface area (Å²) in [5.41, 5.74) is -1.15. The van der Waals surface area contributed by atoms with Crippen molar-refractivity contribution in [3.8, 4) is 10.6 Å². The molecule has 0 radical (unpaired) electrons. The van der Waals surface area contributed by atoms with E-state index in [-0.39, 0.29) is 16.9 Å². The number of carbonyl (C=O) groups is 1. The monoisotopic (exact) mass is 355 g/mol. The number of hydrogen-bond donors (Lipinski definition) is 0. The summed E-state index contributed by atoms with van der Waals surface area (Å²) in [5.74, 6) is -0.789. The molecule has 0 aliphatic rings. The molecule has 0 atom stereocenters. The van der Waals surface area contributed by atoms with Crippen LogP contribution in [0.3, 0.4) is 0 Å². The second-order valence-electron chi connectivity index (χ2n) is 4.93. The largest absolute Gasteiger partial charge is 0.465 e. The summed E-state index contributed by atoms with van der Waals surface area (Å²) in [6.07, 6.45) is -2.83. The fraction of sp³-hybridized carbons (Fsp3) is 0.267. The van der Waals surface area contributed by atoms with Crippen molar-refractivity contribution in [3.05, 3.63) is 40.5 Å². The molecule has 0 saturated carbocycles. The number of aromatic nitrogens is 3. The Labute approximate surface area is 138 Å². The zero-order valence-electron chi connectivity index (χ0n) is 12.7. The van der Waals surface area contributed by atoms with Crippen molar-refractivity contribution in [2.45, 2.75) is 19.5 Å². The molecule has 126 valence electrons. The van der Waals surface area contributed by atoms with Gasteiger partial charge in [0.15, 0.2) is 11.3 Å². The Kier molecular flexibility index (Phi) is 4.04. The minimum Gasteiger partial charge on any atom is -0.465 e. The van der Waals surface area contributed by atoms with E-state index in [0.29, 0.717) is 9.39 Å². The van der Waals surface area contributed by atoms with Crippen LogP contribution in [0.15, 0.2) is 24.4 Å². The standard InChI is InChI=1S/C15H12F3N3O2S/c1-3-8-4-5-11(24-8)10-6-12(15(16,17)18)21-13(20-10)9(7-19-21)14(22)23-2/h4-7H,3H2,1-2H3. The quantitative estimate of drug-likeness (QED) is 0.670.